The molecule has 0 aliphatic carbocycles. The van der Waals surface area contributed by atoms with Gasteiger partial charge in [-0.1, -0.05) is 13.0 Å². The highest BCUT2D eigenvalue weighted by Gasteiger charge is 2.26. The van der Waals surface area contributed by atoms with Gasteiger partial charge in [-0.05, 0) is 24.1 Å². The molecule has 0 saturated carbocycles. The molecule has 3 nitrogen and oxygen atoms in total. The highest BCUT2D eigenvalue weighted by Crippen LogP contribution is 2.23. The first-order valence-electron chi connectivity index (χ1n) is 5.21. The normalized spacial score (nSPS) is 25.3. The zero-order valence-electron chi connectivity index (χ0n) is 8.85. The lowest BCUT2D eigenvalue weighted by Crippen LogP contribution is -2.28. The van der Waals surface area contributed by atoms with Crippen molar-refractivity contribution in [2.45, 2.75) is 13.0 Å². The predicted octanol–water partition coefficient (Wildman–Crippen LogP) is 1.34. The van der Waals surface area contributed by atoms with Crippen LogP contribution in [0.1, 0.15) is 12.5 Å². The van der Waals surface area contributed by atoms with Crippen LogP contribution in [-0.2, 0) is 0 Å². The number of nitrogens with zero attached hydrogens (tertiary/aromatic N) is 2. The highest BCUT2D eigenvalue weighted by molar-refractivity contribution is 5.52. The summed E-state index contributed by atoms with van der Waals surface area (Å²) in [6.07, 6.45) is 0. The van der Waals surface area contributed by atoms with Crippen molar-refractivity contribution in [3.05, 3.63) is 29.8 Å². The van der Waals surface area contributed by atoms with E-state index in [1.54, 1.807) is 0 Å². The average Bonchev–Trinajstić information content (AvgIpc) is 2.59. The largest absolute Gasteiger partial charge is 0.370 e. The molecule has 0 aromatic heterocycles. The number of hydrogen-bond acceptors (Lipinski definition) is 3. The van der Waals surface area contributed by atoms with Gasteiger partial charge < -0.3 is 10.6 Å². The van der Waals surface area contributed by atoms with Gasteiger partial charge in [0.1, 0.15) is 0 Å². The van der Waals surface area contributed by atoms with E-state index in [4.69, 9.17) is 11.0 Å². The van der Waals surface area contributed by atoms with Crippen LogP contribution in [0.4, 0.5) is 5.69 Å². The maximum atomic E-state index is 8.82. The van der Waals surface area contributed by atoms with E-state index in [1.165, 1.54) is 0 Å². The molecule has 2 rings (SSSR count). The Morgan fingerprint density at radius 3 is 2.87 bits per heavy atom. The van der Waals surface area contributed by atoms with Gasteiger partial charge in [0.05, 0.1) is 11.6 Å². The molecule has 1 saturated heterocycles. The first-order valence-corrected chi connectivity index (χ1v) is 5.21. The number of rotatable bonds is 1. The van der Waals surface area contributed by atoms with E-state index in [9.17, 15) is 0 Å². The smallest absolute Gasteiger partial charge is 0.0992 e. The van der Waals surface area contributed by atoms with E-state index < -0.39 is 0 Å². The number of anilines is 1. The van der Waals surface area contributed by atoms with Gasteiger partial charge >= 0.3 is 0 Å². The first-order chi connectivity index (χ1) is 7.20. The molecule has 2 unspecified atom stereocenters. The molecular weight excluding hydrogens is 186 g/mol. The van der Waals surface area contributed by atoms with Crippen LogP contribution in [0.2, 0.25) is 0 Å². The van der Waals surface area contributed by atoms with Gasteiger partial charge in [0.2, 0.25) is 0 Å². The number of nitrogens with two attached hydrogens (primary N) is 1. The minimum absolute atomic E-state index is 0.246. The molecule has 0 spiro atoms. The quantitative estimate of drug-likeness (QED) is 0.746. The summed E-state index contributed by atoms with van der Waals surface area (Å²) in [5.74, 6) is 0.524. The van der Waals surface area contributed by atoms with Gasteiger partial charge in [-0.3, -0.25) is 0 Å². The van der Waals surface area contributed by atoms with Crippen LogP contribution < -0.4 is 10.6 Å². The SMILES string of the molecule is CC1CN(c2cccc(C#N)c2)CC1N. The molecule has 0 bridgehead atoms. The van der Waals surface area contributed by atoms with Crippen molar-refractivity contribution in [3.8, 4) is 6.07 Å². The van der Waals surface area contributed by atoms with Crippen LogP contribution >= 0.6 is 0 Å². The predicted molar refractivity (Wildman–Crippen MR) is 60.5 cm³/mol. The van der Waals surface area contributed by atoms with Crippen LogP contribution in [0.15, 0.2) is 24.3 Å². The topological polar surface area (TPSA) is 53.0 Å². The first kappa shape index (κ1) is 10.0. The van der Waals surface area contributed by atoms with Gasteiger partial charge in [0.15, 0.2) is 0 Å². The Kier molecular flexibility index (Phi) is 2.61. The molecule has 1 aliphatic rings. The summed E-state index contributed by atoms with van der Waals surface area (Å²) >= 11 is 0. The molecule has 3 heteroatoms. The lowest BCUT2D eigenvalue weighted by Gasteiger charge is -2.18. The monoisotopic (exact) mass is 201 g/mol. The lowest BCUT2D eigenvalue weighted by atomic mass is 10.1. The van der Waals surface area contributed by atoms with Crippen LogP contribution in [0, 0.1) is 17.2 Å². The molecule has 15 heavy (non-hydrogen) atoms. The van der Waals surface area contributed by atoms with Crippen molar-refractivity contribution in [1.29, 1.82) is 5.26 Å². The fraction of sp³-hybridized carbons (Fsp3) is 0.417. The van der Waals surface area contributed by atoms with Crippen LogP contribution in [-0.4, -0.2) is 19.1 Å². The molecular formula is C12H15N3. The average molecular weight is 201 g/mol. The van der Waals surface area contributed by atoms with Crippen LogP contribution in [0.25, 0.3) is 0 Å². The number of nitriles is 1. The van der Waals surface area contributed by atoms with Gasteiger partial charge in [0.25, 0.3) is 0 Å². The molecule has 0 amide bonds. The van der Waals surface area contributed by atoms with E-state index in [-0.39, 0.29) is 6.04 Å². The summed E-state index contributed by atoms with van der Waals surface area (Å²) in [5, 5.41) is 8.82. The van der Waals surface area contributed by atoms with Gasteiger partial charge in [-0.2, -0.15) is 5.26 Å². The molecule has 1 fully saturated rings. The van der Waals surface area contributed by atoms with Crippen molar-refractivity contribution in [2.24, 2.45) is 11.7 Å². The second-order valence-electron chi connectivity index (χ2n) is 4.21. The Bertz CT molecular complexity index is 384. The highest BCUT2D eigenvalue weighted by atomic mass is 15.2. The van der Waals surface area contributed by atoms with Crippen molar-refractivity contribution < 1.29 is 0 Å². The second-order valence-corrected chi connectivity index (χ2v) is 4.21. The Balaban J connectivity index is 2.21. The summed E-state index contributed by atoms with van der Waals surface area (Å²) in [5.41, 5.74) is 7.78. The third-order valence-electron chi connectivity index (χ3n) is 3.01. The minimum atomic E-state index is 0.246. The Morgan fingerprint density at radius 2 is 2.27 bits per heavy atom. The van der Waals surface area contributed by atoms with E-state index in [2.05, 4.69) is 17.9 Å². The Hall–Kier alpha value is -1.53. The van der Waals surface area contributed by atoms with E-state index in [1.807, 2.05) is 24.3 Å². The van der Waals surface area contributed by atoms with Gasteiger partial charge in [-0.15, -0.1) is 0 Å². The van der Waals surface area contributed by atoms with Crippen molar-refractivity contribution in [2.75, 3.05) is 18.0 Å². The molecule has 0 radical (unpaired) electrons. The molecule has 2 N–H and O–H groups in total. The Morgan fingerprint density at radius 1 is 1.47 bits per heavy atom. The Labute approximate surface area is 90.1 Å². The van der Waals surface area contributed by atoms with E-state index in [0.717, 1.165) is 18.8 Å². The maximum Gasteiger partial charge on any atom is 0.0992 e. The summed E-state index contributed by atoms with van der Waals surface area (Å²) in [6.45, 7) is 4.03. The summed E-state index contributed by atoms with van der Waals surface area (Å²) in [6, 6.07) is 10.1. The third kappa shape index (κ3) is 1.95. The summed E-state index contributed by atoms with van der Waals surface area (Å²) in [4.78, 5) is 2.25. The molecule has 2 atom stereocenters. The van der Waals surface area contributed by atoms with Crippen LogP contribution in [0.3, 0.4) is 0 Å². The maximum absolute atomic E-state index is 8.82. The minimum Gasteiger partial charge on any atom is -0.370 e. The fourth-order valence-corrected chi connectivity index (χ4v) is 1.97. The molecule has 78 valence electrons. The van der Waals surface area contributed by atoms with Crippen molar-refractivity contribution in [1.82, 2.24) is 0 Å². The molecule has 1 aliphatic heterocycles. The van der Waals surface area contributed by atoms with Gasteiger partial charge in [-0.25, -0.2) is 0 Å². The number of hydrogen-bond donors (Lipinski definition) is 1. The zero-order valence-corrected chi connectivity index (χ0v) is 8.85. The lowest BCUT2D eigenvalue weighted by molar-refractivity contribution is 0.566. The summed E-state index contributed by atoms with van der Waals surface area (Å²) < 4.78 is 0. The fourth-order valence-electron chi connectivity index (χ4n) is 1.97. The third-order valence-corrected chi connectivity index (χ3v) is 3.01. The van der Waals surface area contributed by atoms with Gasteiger partial charge in [0, 0.05) is 24.8 Å². The molecule has 1 aromatic carbocycles. The standard InChI is InChI=1S/C12H15N3/c1-9-7-15(8-12(9)14)11-4-2-3-10(5-11)6-13/h2-5,9,12H,7-8,14H2,1H3. The van der Waals surface area contributed by atoms with E-state index in [0.29, 0.717) is 11.5 Å². The van der Waals surface area contributed by atoms with E-state index >= 15 is 0 Å². The summed E-state index contributed by atoms with van der Waals surface area (Å²) in [7, 11) is 0. The van der Waals surface area contributed by atoms with Crippen LogP contribution in [0.5, 0.6) is 0 Å². The number of benzene rings is 1. The zero-order chi connectivity index (χ0) is 10.8. The molecule has 1 aromatic rings. The molecule has 1 heterocycles. The van der Waals surface area contributed by atoms with Crippen molar-refractivity contribution >= 4 is 5.69 Å². The second kappa shape index (κ2) is 3.92. The van der Waals surface area contributed by atoms with Crippen molar-refractivity contribution in [3.63, 3.8) is 0 Å².